The number of hydrogen-bond acceptors (Lipinski definition) is 3. The molecule has 1 heterocycles. The number of carbonyl (C=O) groups is 1. The number of nitrogens with one attached hydrogen (secondary N) is 2. The standard InChI is InChI=1S/C34H40N2O2/c1-3-32-30-17-15-27-20-24(2)33(38-29-13-7-8-14-29)22-31(27)26(21-28(30)16-18-34(37)36-32)12-9-19-35-23-25-10-5-4-6-11-25/h5,10-12,16-17,20,22,29,35H,1,4,6-9,13-15,18-19,21,23H2,2H3,(H,36,37). The average molecular weight is 509 g/mol. The zero-order valence-electron chi connectivity index (χ0n) is 22.7. The van der Waals surface area contributed by atoms with Crippen LogP contribution in [0.2, 0.25) is 0 Å². The van der Waals surface area contributed by atoms with Gasteiger partial charge in [0.1, 0.15) is 5.75 Å². The van der Waals surface area contributed by atoms with Crippen molar-refractivity contribution in [3.8, 4) is 5.75 Å². The second-order valence-electron chi connectivity index (χ2n) is 10.8. The van der Waals surface area contributed by atoms with E-state index >= 15 is 0 Å². The number of fused-ring (bicyclic) bond motifs is 2. The number of rotatable bonds is 7. The van der Waals surface area contributed by atoms with E-state index < -0.39 is 0 Å². The zero-order valence-corrected chi connectivity index (χ0v) is 22.7. The lowest BCUT2D eigenvalue weighted by Gasteiger charge is -2.23. The summed E-state index contributed by atoms with van der Waals surface area (Å²) >= 11 is 0. The highest BCUT2D eigenvalue weighted by Gasteiger charge is 2.24. The molecule has 38 heavy (non-hydrogen) atoms. The van der Waals surface area contributed by atoms with E-state index in [2.05, 4.69) is 78.5 Å². The van der Waals surface area contributed by atoms with E-state index in [1.807, 2.05) is 0 Å². The molecule has 5 rings (SSSR count). The van der Waals surface area contributed by atoms with Crippen LogP contribution in [-0.2, 0) is 11.2 Å². The van der Waals surface area contributed by atoms with Gasteiger partial charge in [0.05, 0.1) is 11.8 Å². The van der Waals surface area contributed by atoms with E-state index in [9.17, 15) is 4.79 Å². The number of ether oxygens (including phenoxy) is 1. The van der Waals surface area contributed by atoms with E-state index in [-0.39, 0.29) is 5.91 Å². The minimum absolute atomic E-state index is 0.0160. The molecule has 1 saturated carbocycles. The highest BCUT2D eigenvalue weighted by atomic mass is 16.5. The predicted octanol–water partition coefficient (Wildman–Crippen LogP) is 6.94. The van der Waals surface area contributed by atoms with Crippen molar-refractivity contribution in [2.45, 2.75) is 77.2 Å². The highest BCUT2D eigenvalue weighted by molar-refractivity contribution is 5.84. The largest absolute Gasteiger partial charge is 0.490 e. The Morgan fingerprint density at radius 2 is 2.03 bits per heavy atom. The maximum absolute atomic E-state index is 12.4. The third kappa shape index (κ3) is 6.38. The summed E-state index contributed by atoms with van der Waals surface area (Å²) in [4.78, 5) is 12.4. The molecule has 1 amide bonds. The van der Waals surface area contributed by atoms with Gasteiger partial charge in [-0.05, 0) is 111 Å². The second-order valence-corrected chi connectivity index (χ2v) is 10.8. The maximum Gasteiger partial charge on any atom is 0.228 e. The molecule has 0 aromatic heterocycles. The van der Waals surface area contributed by atoms with Crippen molar-refractivity contribution in [2.24, 2.45) is 0 Å². The predicted molar refractivity (Wildman–Crippen MR) is 156 cm³/mol. The third-order valence-electron chi connectivity index (χ3n) is 7.95. The molecule has 1 fully saturated rings. The number of amides is 1. The molecular weight excluding hydrogens is 468 g/mol. The monoisotopic (exact) mass is 508 g/mol. The van der Waals surface area contributed by atoms with Crippen molar-refractivity contribution in [3.05, 3.63) is 100 Å². The first-order chi connectivity index (χ1) is 18.6. The van der Waals surface area contributed by atoms with Crippen molar-refractivity contribution < 1.29 is 9.53 Å². The van der Waals surface area contributed by atoms with Gasteiger partial charge in [-0.15, -0.1) is 5.73 Å². The van der Waals surface area contributed by atoms with Crippen molar-refractivity contribution >= 4 is 11.5 Å². The Bertz CT molecular complexity index is 1280. The van der Waals surface area contributed by atoms with Crippen LogP contribution in [0.25, 0.3) is 5.57 Å². The molecule has 198 valence electrons. The fraction of sp³-hybridized carbons (Fsp3) is 0.412. The van der Waals surface area contributed by atoms with Crippen LogP contribution in [0.15, 0.2) is 83.3 Å². The van der Waals surface area contributed by atoms with Gasteiger partial charge in [0, 0.05) is 18.5 Å². The normalized spacial score (nSPS) is 20.8. The van der Waals surface area contributed by atoms with Crippen molar-refractivity contribution in [2.75, 3.05) is 13.1 Å². The Labute approximate surface area is 227 Å². The molecule has 0 saturated heterocycles. The molecule has 0 unspecified atom stereocenters. The van der Waals surface area contributed by atoms with Crippen LogP contribution in [-0.4, -0.2) is 25.1 Å². The van der Waals surface area contributed by atoms with Gasteiger partial charge in [0.25, 0.3) is 0 Å². The van der Waals surface area contributed by atoms with E-state index in [0.717, 1.165) is 74.9 Å². The number of carbonyl (C=O) groups excluding carboxylic acids is 1. The van der Waals surface area contributed by atoms with Crippen LogP contribution in [0, 0.1) is 6.92 Å². The van der Waals surface area contributed by atoms with Crippen molar-refractivity contribution in [3.63, 3.8) is 0 Å². The van der Waals surface area contributed by atoms with Gasteiger partial charge in [-0.2, -0.15) is 0 Å². The van der Waals surface area contributed by atoms with Gasteiger partial charge in [-0.25, -0.2) is 0 Å². The summed E-state index contributed by atoms with van der Waals surface area (Å²) in [6, 6.07) is 4.58. The lowest BCUT2D eigenvalue weighted by Crippen LogP contribution is -2.21. The first-order valence-corrected chi connectivity index (χ1v) is 14.3. The van der Waals surface area contributed by atoms with Crippen LogP contribution < -0.4 is 15.4 Å². The molecule has 0 bridgehead atoms. The minimum atomic E-state index is -0.0160. The molecule has 4 aliphatic rings. The molecule has 1 aromatic rings. The summed E-state index contributed by atoms with van der Waals surface area (Å²) in [5.74, 6) is 0.997. The molecule has 3 aliphatic carbocycles. The third-order valence-corrected chi connectivity index (χ3v) is 7.95. The van der Waals surface area contributed by atoms with Crippen molar-refractivity contribution in [1.29, 1.82) is 0 Å². The van der Waals surface area contributed by atoms with Gasteiger partial charge >= 0.3 is 0 Å². The van der Waals surface area contributed by atoms with E-state index in [1.54, 1.807) is 0 Å². The zero-order chi connectivity index (χ0) is 26.3. The van der Waals surface area contributed by atoms with E-state index in [1.165, 1.54) is 40.7 Å². The first-order valence-electron chi connectivity index (χ1n) is 14.3. The van der Waals surface area contributed by atoms with E-state index in [4.69, 9.17) is 4.74 Å². The maximum atomic E-state index is 12.4. The van der Waals surface area contributed by atoms with Gasteiger partial charge in [0.15, 0.2) is 0 Å². The van der Waals surface area contributed by atoms with Crippen LogP contribution in [0.3, 0.4) is 0 Å². The molecule has 0 spiro atoms. The van der Waals surface area contributed by atoms with Crippen LogP contribution >= 0.6 is 0 Å². The van der Waals surface area contributed by atoms with Crippen LogP contribution in [0.1, 0.15) is 74.5 Å². The molecule has 1 aromatic carbocycles. The van der Waals surface area contributed by atoms with Gasteiger partial charge in [-0.1, -0.05) is 49.1 Å². The van der Waals surface area contributed by atoms with Crippen LogP contribution in [0.5, 0.6) is 5.75 Å². The Morgan fingerprint density at radius 1 is 1.16 bits per heavy atom. The molecule has 0 atom stereocenters. The topological polar surface area (TPSA) is 50.4 Å². The summed E-state index contributed by atoms with van der Waals surface area (Å²) in [5.41, 5.74) is 12.3. The Morgan fingerprint density at radius 3 is 2.82 bits per heavy atom. The molecule has 0 radical (unpaired) electrons. The van der Waals surface area contributed by atoms with Crippen molar-refractivity contribution in [1.82, 2.24) is 10.6 Å². The molecule has 1 aliphatic heterocycles. The fourth-order valence-electron chi connectivity index (χ4n) is 5.89. The minimum Gasteiger partial charge on any atom is -0.490 e. The highest BCUT2D eigenvalue weighted by Crippen LogP contribution is 2.39. The van der Waals surface area contributed by atoms with Gasteiger partial charge in [-0.3, -0.25) is 4.79 Å². The molecule has 2 N–H and O–H groups in total. The molecule has 4 nitrogen and oxygen atoms in total. The Balaban J connectivity index is 1.44. The second kappa shape index (κ2) is 12.5. The number of benzene rings is 1. The van der Waals surface area contributed by atoms with Gasteiger partial charge < -0.3 is 15.4 Å². The Hall–Kier alpha value is -3.33. The summed E-state index contributed by atoms with van der Waals surface area (Å²) < 4.78 is 6.52. The van der Waals surface area contributed by atoms with Gasteiger partial charge in [0.2, 0.25) is 5.91 Å². The lowest BCUT2D eigenvalue weighted by molar-refractivity contribution is -0.119. The average Bonchev–Trinajstić information content (AvgIpc) is 3.38. The number of aryl methyl sites for hydroxylation is 1. The van der Waals surface area contributed by atoms with Crippen LogP contribution in [0.4, 0.5) is 0 Å². The summed E-state index contributed by atoms with van der Waals surface area (Å²) in [5, 5.41) is 6.60. The Kier molecular flexibility index (Phi) is 8.63. The summed E-state index contributed by atoms with van der Waals surface area (Å²) in [6.07, 6.45) is 23.8. The van der Waals surface area contributed by atoms with E-state index in [0.29, 0.717) is 18.2 Å². The lowest BCUT2D eigenvalue weighted by atomic mass is 9.84. The first kappa shape index (κ1) is 26.3. The SMILES string of the molecule is C=C=C1NC(=O)CC=C2CC(=CCCNCC3=CCCC=C3)c3cc(OC4CCCC4)c(C)cc3CC=C12. The molecular formula is C34H40N2O2. The quantitative estimate of drug-likeness (QED) is 0.310. The smallest absolute Gasteiger partial charge is 0.228 e. The number of allylic oxidation sites excluding steroid dienone is 5. The molecule has 4 heteroatoms. The fourth-order valence-corrected chi connectivity index (χ4v) is 5.89. The summed E-state index contributed by atoms with van der Waals surface area (Å²) in [7, 11) is 0. The number of hydrogen-bond donors (Lipinski definition) is 2. The summed E-state index contributed by atoms with van der Waals surface area (Å²) in [6.45, 7) is 7.84.